The number of methoxy groups -OCH3 is 1. The number of ether oxygens (including phenoxy) is 1. The minimum atomic E-state index is -0.848. The predicted octanol–water partition coefficient (Wildman–Crippen LogP) is 3.41. The lowest BCUT2D eigenvalue weighted by Gasteiger charge is -2.48. The van der Waals surface area contributed by atoms with Crippen LogP contribution in [0, 0.1) is 17.3 Å². The summed E-state index contributed by atoms with van der Waals surface area (Å²) >= 11 is 0. The molecule has 106 valence electrons. The molecule has 0 amide bonds. The molecule has 0 aromatic carbocycles. The fourth-order valence-electron chi connectivity index (χ4n) is 3.69. The molecule has 2 rings (SSSR count). The molecular weight excluding hydrogens is 240 g/mol. The van der Waals surface area contributed by atoms with E-state index >= 15 is 0 Å². The summed E-state index contributed by atoms with van der Waals surface area (Å²) in [7, 11) is 1.76. The Bertz CT molecular complexity index is 424. The second-order valence-corrected chi connectivity index (χ2v) is 6.29. The molecule has 2 aliphatic carbocycles. The number of aliphatic carboxylic acids is 1. The van der Waals surface area contributed by atoms with Gasteiger partial charge in [-0.1, -0.05) is 32.1 Å². The van der Waals surface area contributed by atoms with Gasteiger partial charge in [0.05, 0.1) is 6.10 Å². The Hall–Kier alpha value is -1.09. The molecule has 0 aromatic rings. The Morgan fingerprint density at radius 3 is 2.84 bits per heavy atom. The number of allylic oxidation sites excluding steroid dienone is 1. The Balaban J connectivity index is 2.23. The van der Waals surface area contributed by atoms with Crippen molar-refractivity contribution in [2.75, 3.05) is 7.11 Å². The molecule has 0 aliphatic heterocycles. The molecule has 0 saturated heterocycles. The molecular formula is C16H24O3. The van der Waals surface area contributed by atoms with Crippen molar-refractivity contribution in [2.45, 2.75) is 45.6 Å². The van der Waals surface area contributed by atoms with Crippen LogP contribution in [-0.2, 0) is 9.53 Å². The van der Waals surface area contributed by atoms with Crippen molar-refractivity contribution in [3.8, 4) is 0 Å². The first-order chi connectivity index (χ1) is 8.88. The van der Waals surface area contributed by atoms with Gasteiger partial charge >= 0.3 is 5.97 Å². The Kier molecular flexibility index (Phi) is 3.86. The average molecular weight is 264 g/mol. The molecule has 3 heteroatoms. The van der Waals surface area contributed by atoms with Gasteiger partial charge in [0.15, 0.2) is 0 Å². The van der Waals surface area contributed by atoms with Crippen LogP contribution >= 0.6 is 0 Å². The molecule has 0 spiro atoms. The highest BCUT2D eigenvalue weighted by molar-refractivity contribution is 5.86. The van der Waals surface area contributed by atoms with Gasteiger partial charge in [0, 0.05) is 12.7 Å². The van der Waals surface area contributed by atoms with E-state index in [0.717, 1.165) is 25.7 Å². The van der Waals surface area contributed by atoms with E-state index < -0.39 is 5.97 Å². The normalized spacial score (nSPS) is 38.3. The Morgan fingerprint density at radius 1 is 1.58 bits per heavy atom. The first-order valence-electron chi connectivity index (χ1n) is 7.04. The lowest BCUT2D eigenvalue weighted by molar-refractivity contribution is -0.133. The maximum Gasteiger partial charge on any atom is 0.331 e. The van der Waals surface area contributed by atoms with Gasteiger partial charge in [-0.15, -0.1) is 0 Å². The van der Waals surface area contributed by atoms with Crippen molar-refractivity contribution in [3.05, 3.63) is 23.8 Å². The van der Waals surface area contributed by atoms with Crippen LogP contribution in [0.15, 0.2) is 23.8 Å². The van der Waals surface area contributed by atoms with E-state index in [-0.39, 0.29) is 17.4 Å². The van der Waals surface area contributed by atoms with E-state index in [1.807, 2.05) is 0 Å². The van der Waals surface area contributed by atoms with Crippen molar-refractivity contribution < 1.29 is 14.6 Å². The number of hydrogen-bond donors (Lipinski definition) is 1. The molecule has 0 heterocycles. The van der Waals surface area contributed by atoms with Gasteiger partial charge in [-0.05, 0) is 42.9 Å². The summed E-state index contributed by atoms with van der Waals surface area (Å²) in [5.41, 5.74) is 1.94. The van der Waals surface area contributed by atoms with E-state index in [9.17, 15) is 4.79 Å². The van der Waals surface area contributed by atoms with Gasteiger partial charge in [0.25, 0.3) is 0 Å². The zero-order valence-electron chi connectivity index (χ0n) is 12.1. The molecule has 0 bridgehead atoms. The first kappa shape index (κ1) is 14.3. The van der Waals surface area contributed by atoms with Crippen molar-refractivity contribution in [1.29, 1.82) is 0 Å². The van der Waals surface area contributed by atoms with Crippen molar-refractivity contribution >= 4 is 5.97 Å². The zero-order valence-corrected chi connectivity index (χ0v) is 12.1. The lowest BCUT2D eigenvalue weighted by atomic mass is 9.57. The molecule has 1 fully saturated rings. The van der Waals surface area contributed by atoms with Crippen LogP contribution in [0.5, 0.6) is 0 Å². The van der Waals surface area contributed by atoms with Crippen LogP contribution in [0.2, 0.25) is 0 Å². The van der Waals surface area contributed by atoms with E-state index in [4.69, 9.17) is 9.84 Å². The number of hydrogen-bond acceptors (Lipinski definition) is 2. The van der Waals surface area contributed by atoms with Crippen molar-refractivity contribution in [3.63, 3.8) is 0 Å². The van der Waals surface area contributed by atoms with E-state index in [2.05, 4.69) is 26.5 Å². The van der Waals surface area contributed by atoms with Gasteiger partial charge in [-0.3, -0.25) is 0 Å². The summed E-state index contributed by atoms with van der Waals surface area (Å²) < 4.78 is 5.48. The smallest absolute Gasteiger partial charge is 0.331 e. The highest BCUT2D eigenvalue weighted by atomic mass is 16.5. The van der Waals surface area contributed by atoms with Gasteiger partial charge in [0.2, 0.25) is 0 Å². The highest BCUT2D eigenvalue weighted by Crippen LogP contribution is 2.53. The summed E-state index contributed by atoms with van der Waals surface area (Å²) in [6.07, 6.45) is 6.27. The summed E-state index contributed by atoms with van der Waals surface area (Å²) in [6, 6.07) is 0. The van der Waals surface area contributed by atoms with Gasteiger partial charge in [-0.2, -0.15) is 0 Å². The summed E-state index contributed by atoms with van der Waals surface area (Å²) in [6.45, 7) is 8.29. The lowest BCUT2D eigenvalue weighted by Crippen LogP contribution is -2.40. The predicted molar refractivity (Wildman–Crippen MR) is 74.9 cm³/mol. The number of carbonyl (C=O) groups is 1. The second kappa shape index (κ2) is 5.12. The van der Waals surface area contributed by atoms with Gasteiger partial charge < -0.3 is 9.84 Å². The fourth-order valence-corrected chi connectivity index (χ4v) is 3.69. The molecule has 1 N–H and O–H groups in total. The largest absolute Gasteiger partial charge is 0.478 e. The fraction of sp³-hybridized carbons (Fsp3) is 0.688. The molecule has 4 atom stereocenters. The topological polar surface area (TPSA) is 46.5 Å². The molecule has 2 aliphatic rings. The Labute approximate surface area is 115 Å². The third kappa shape index (κ3) is 2.48. The maximum atomic E-state index is 11.1. The minimum Gasteiger partial charge on any atom is -0.478 e. The van der Waals surface area contributed by atoms with Crippen molar-refractivity contribution in [2.24, 2.45) is 17.3 Å². The molecule has 19 heavy (non-hydrogen) atoms. The number of carboxylic acid groups (broad SMARTS) is 1. The molecule has 3 nitrogen and oxygen atoms in total. The highest BCUT2D eigenvalue weighted by Gasteiger charge is 2.44. The van der Waals surface area contributed by atoms with Gasteiger partial charge in [0.1, 0.15) is 0 Å². The maximum absolute atomic E-state index is 11.1. The third-order valence-corrected chi connectivity index (χ3v) is 5.30. The summed E-state index contributed by atoms with van der Waals surface area (Å²) in [5.74, 6) is -0.220. The average Bonchev–Trinajstić information content (AvgIpc) is 2.38. The Morgan fingerprint density at radius 2 is 2.26 bits per heavy atom. The molecule has 0 radical (unpaired) electrons. The zero-order chi connectivity index (χ0) is 14.2. The third-order valence-electron chi connectivity index (χ3n) is 5.30. The quantitative estimate of drug-likeness (QED) is 0.627. The van der Waals surface area contributed by atoms with E-state index in [0.29, 0.717) is 11.5 Å². The van der Waals surface area contributed by atoms with E-state index in [1.54, 1.807) is 7.11 Å². The SMILES string of the molecule is C=C(C(=O)O)C1CCC2=CC(OC)CC(C)C2(C)C1. The van der Waals surface area contributed by atoms with Crippen molar-refractivity contribution in [1.82, 2.24) is 0 Å². The number of rotatable bonds is 3. The van der Waals surface area contributed by atoms with Crippen LogP contribution in [-0.4, -0.2) is 24.3 Å². The van der Waals surface area contributed by atoms with Crippen LogP contribution in [0.3, 0.4) is 0 Å². The number of fused-ring (bicyclic) bond motifs is 1. The first-order valence-corrected chi connectivity index (χ1v) is 7.04. The van der Waals surface area contributed by atoms with Crippen LogP contribution in [0.1, 0.15) is 39.5 Å². The monoisotopic (exact) mass is 264 g/mol. The molecule has 4 unspecified atom stereocenters. The van der Waals surface area contributed by atoms with Gasteiger partial charge in [-0.25, -0.2) is 4.79 Å². The van der Waals surface area contributed by atoms with Crippen LogP contribution in [0.4, 0.5) is 0 Å². The van der Waals surface area contributed by atoms with Crippen LogP contribution < -0.4 is 0 Å². The molecule has 1 saturated carbocycles. The summed E-state index contributed by atoms with van der Waals surface area (Å²) in [4.78, 5) is 11.1. The minimum absolute atomic E-state index is 0.107. The standard InChI is InChI=1S/C16H24O3/c1-10-7-14(19-4)8-13-6-5-12(9-16(10,13)3)11(2)15(17)18/h8,10,12,14H,2,5-7,9H2,1,3-4H3,(H,17,18). The number of carboxylic acids is 1. The van der Waals surface area contributed by atoms with Crippen LogP contribution in [0.25, 0.3) is 0 Å². The molecule has 0 aromatic heterocycles. The second-order valence-electron chi connectivity index (χ2n) is 6.29. The van der Waals surface area contributed by atoms with E-state index in [1.165, 1.54) is 5.57 Å². The summed E-state index contributed by atoms with van der Waals surface area (Å²) in [5, 5.41) is 9.13.